The molecule has 5 nitrogen and oxygen atoms in total. The van der Waals surface area contributed by atoms with E-state index in [1.807, 2.05) is 36.4 Å². The van der Waals surface area contributed by atoms with Gasteiger partial charge in [0.15, 0.2) is 0 Å². The Hall–Kier alpha value is -2.34. The fraction of sp³-hybridized carbons (Fsp3) is 0.500. The van der Waals surface area contributed by atoms with Gasteiger partial charge in [-0.1, -0.05) is 77.3 Å². The molecule has 0 aromatic heterocycles. The summed E-state index contributed by atoms with van der Waals surface area (Å²) in [6, 6.07) is 14.8. The van der Waals surface area contributed by atoms with Crippen LogP contribution in [0.1, 0.15) is 80.8 Å². The minimum absolute atomic E-state index is 0.0865. The number of rotatable bonds is 12. The van der Waals surface area contributed by atoms with Crippen molar-refractivity contribution in [3.05, 3.63) is 65.2 Å². The third-order valence-corrected chi connectivity index (χ3v) is 6.99. The Morgan fingerprint density at radius 1 is 1.03 bits per heavy atom. The average molecular weight is 459 g/mol. The van der Waals surface area contributed by atoms with Crippen molar-refractivity contribution in [3.63, 3.8) is 0 Å². The van der Waals surface area contributed by atoms with E-state index in [4.69, 9.17) is 0 Å². The first-order valence-corrected chi connectivity index (χ1v) is 13.5. The number of benzene rings is 2. The second kappa shape index (κ2) is 12.0. The highest BCUT2D eigenvalue weighted by Crippen LogP contribution is 2.30. The fourth-order valence-electron chi connectivity index (χ4n) is 3.79. The first-order chi connectivity index (χ1) is 15.2. The maximum Gasteiger partial charge on any atom is 0.251 e. The van der Waals surface area contributed by atoms with Gasteiger partial charge in [0.25, 0.3) is 5.91 Å². The molecule has 1 N–H and O–H groups in total. The van der Waals surface area contributed by atoms with Gasteiger partial charge >= 0.3 is 0 Å². The molecule has 0 spiro atoms. The molecule has 0 aliphatic rings. The van der Waals surface area contributed by atoms with Gasteiger partial charge in [0.1, 0.15) is 0 Å². The lowest BCUT2D eigenvalue weighted by Crippen LogP contribution is -2.30. The van der Waals surface area contributed by atoms with Gasteiger partial charge < -0.3 is 5.32 Å². The summed E-state index contributed by atoms with van der Waals surface area (Å²) in [6.45, 7) is 9.35. The molecule has 2 aromatic rings. The summed E-state index contributed by atoms with van der Waals surface area (Å²) in [5.74, 6) is 0.616. The third kappa shape index (κ3) is 7.37. The number of carbonyl (C=O) groups is 1. The SMILES string of the molecule is CCCC[C@H](CC)CNC(=O)c1ccc(CN(c2ccccc2C(C)C)S(C)(=O)=O)cc1. The first kappa shape index (κ1) is 25.9. The Labute approximate surface area is 194 Å². The second-order valence-corrected chi connectivity index (χ2v) is 10.7. The molecular formula is C26H38N2O3S. The largest absolute Gasteiger partial charge is 0.352 e. The second-order valence-electron chi connectivity index (χ2n) is 8.81. The Bertz CT molecular complexity index is 969. The summed E-state index contributed by atoms with van der Waals surface area (Å²) in [4.78, 5) is 12.6. The lowest BCUT2D eigenvalue weighted by Gasteiger charge is -2.26. The highest BCUT2D eigenvalue weighted by Gasteiger charge is 2.22. The summed E-state index contributed by atoms with van der Waals surface area (Å²) >= 11 is 0. The minimum Gasteiger partial charge on any atom is -0.352 e. The van der Waals surface area contributed by atoms with Gasteiger partial charge in [-0.2, -0.15) is 0 Å². The van der Waals surface area contributed by atoms with Gasteiger partial charge in [0.2, 0.25) is 10.0 Å². The summed E-state index contributed by atoms with van der Waals surface area (Å²) in [5.41, 5.74) is 3.11. The van der Waals surface area contributed by atoms with E-state index in [-0.39, 0.29) is 18.4 Å². The zero-order valence-corrected chi connectivity index (χ0v) is 20.9. The molecule has 32 heavy (non-hydrogen) atoms. The van der Waals surface area contributed by atoms with Crippen LogP contribution in [0.2, 0.25) is 0 Å². The fourth-order valence-corrected chi connectivity index (χ4v) is 4.70. The van der Waals surface area contributed by atoms with Crippen molar-refractivity contribution >= 4 is 21.6 Å². The summed E-state index contributed by atoms with van der Waals surface area (Å²) < 4.78 is 26.6. The monoisotopic (exact) mass is 458 g/mol. The lowest BCUT2D eigenvalue weighted by molar-refractivity contribution is 0.0946. The molecule has 1 amide bonds. The van der Waals surface area contributed by atoms with Gasteiger partial charge in [-0.25, -0.2) is 8.42 Å². The molecular weight excluding hydrogens is 420 g/mol. The lowest BCUT2D eigenvalue weighted by atomic mass is 9.99. The number of nitrogens with zero attached hydrogens (tertiary/aromatic N) is 1. The van der Waals surface area contributed by atoms with E-state index in [1.165, 1.54) is 17.0 Å². The number of carbonyl (C=O) groups excluding carboxylic acids is 1. The van der Waals surface area contributed by atoms with Gasteiger partial charge in [0.05, 0.1) is 18.5 Å². The topological polar surface area (TPSA) is 66.5 Å². The Morgan fingerprint density at radius 2 is 1.69 bits per heavy atom. The number of unbranched alkanes of at least 4 members (excludes halogenated alkanes) is 1. The Balaban J connectivity index is 2.13. The van der Waals surface area contributed by atoms with Crippen LogP contribution in [0.25, 0.3) is 0 Å². The van der Waals surface area contributed by atoms with Crippen molar-refractivity contribution in [2.75, 3.05) is 17.1 Å². The molecule has 2 aromatic carbocycles. The van der Waals surface area contributed by atoms with E-state index in [0.29, 0.717) is 23.7 Å². The normalized spacial score (nSPS) is 12.6. The number of hydrogen-bond donors (Lipinski definition) is 1. The van der Waals surface area contributed by atoms with Crippen molar-refractivity contribution < 1.29 is 13.2 Å². The van der Waals surface area contributed by atoms with E-state index < -0.39 is 10.0 Å². The molecule has 0 fully saturated rings. The molecule has 0 saturated carbocycles. The molecule has 1 atom stereocenters. The number of anilines is 1. The molecule has 0 bridgehead atoms. The van der Waals surface area contributed by atoms with E-state index in [2.05, 4.69) is 33.0 Å². The molecule has 0 aliphatic heterocycles. The van der Waals surface area contributed by atoms with Crippen molar-refractivity contribution in [1.82, 2.24) is 5.32 Å². The molecule has 2 rings (SSSR count). The Morgan fingerprint density at radius 3 is 2.25 bits per heavy atom. The molecule has 0 saturated heterocycles. The van der Waals surface area contributed by atoms with Gasteiger partial charge in [-0.05, 0) is 47.6 Å². The minimum atomic E-state index is -3.47. The van der Waals surface area contributed by atoms with Gasteiger partial charge in [-0.3, -0.25) is 9.10 Å². The van der Waals surface area contributed by atoms with Crippen LogP contribution in [-0.4, -0.2) is 27.1 Å². The van der Waals surface area contributed by atoms with Crippen LogP contribution >= 0.6 is 0 Å². The zero-order valence-electron chi connectivity index (χ0n) is 20.1. The molecule has 176 valence electrons. The molecule has 6 heteroatoms. The van der Waals surface area contributed by atoms with Crippen LogP contribution in [-0.2, 0) is 16.6 Å². The summed E-state index contributed by atoms with van der Waals surface area (Å²) in [6.07, 6.45) is 5.76. The zero-order chi connectivity index (χ0) is 23.7. The smallest absolute Gasteiger partial charge is 0.251 e. The molecule has 0 unspecified atom stereocenters. The highest BCUT2D eigenvalue weighted by molar-refractivity contribution is 7.92. The van der Waals surface area contributed by atoms with E-state index in [1.54, 1.807) is 12.1 Å². The van der Waals surface area contributed by atoms with Crippen molar-refractivity contribution in [2.45, 2.75) is 65.8 Å². The molecule has 0 radical (unpaired) electrons. The third-order valence-electron chi connectivity index (χ3n) is 5.86. The van der Waals surface area contributed by atoms with E-state index >= 15 is 0 Å². The number of para-hydroxylation sites is 1. The average Bonchev–Trinajstić information content (AvgIpc) is 2.77. The number of sulfonamides is 1. The number of nitrogens with one attached hydrogen (secondary N) is 1. The highest BCUT2D eigenvalue weighted by atomic mass is 32.2. The summed E-state index contributed by atoms with van der Waals surface area (Å²) in [7, 11) is -3.47. The molecule has 0 heterocycles. The maximum absolute atomic E-state index is 12.6. The maximum atomic E-state index is 12.6. The summed E-state index contributed by atoms with van der Waals surface area (Å²) in [5, 5.41) is 3.04. The van der Waals surface area contributed by atoms with Crippen molar-refractivity contribution in [1.29, 1.82) is 0 Å². The number of amides is 1. The van der Waals surface area contributed by atoms with Crippen LogP contribution in [0.5, 0.6) is 0 Å². The molecule has 0 aliphatic carbocycles. The predicted molar refractivity (Wildman–Crippen MR) is 134 cm³/mol. The van der Waals surface area contributed by atoms with Crippen molar-refractivity contribution in [3.8, 4) is 0 Å². The predicted octanol–water partition coefficient (Wildman–Crippen LogP) is 5.72. The quantitative estimate of drug-likeness (QED) is 0.442. The number of hydrogen-bond acceptors (Lipinski definition) is 3. The van der Waals surface area contributed by atoms with Crippen molar-refractivity contribution in [2.24, 2.45) is 5.92 Å². The van der Waals surface area contributed by atoms with Crippen LogP contribution in [0, 0.1) is 5.92 Å². The van der Waals surface area contributed by atoms with E-state index in [9.17, 15) is 13.2 Å². The van der Waals surface area contributed by atoms with Crippen LogP contribution in [0.4, 0.5) is 5.69 Å². The van der Waals surface area contributed by atoms with E-state index in [0.717, 1.165) is 30.4 Å². The standard InChI is InChI=1S/C26H38N2O3S/c1-6-8-11-21(7-2)18-27-26(29)23-16-14-22(15-17-23)19-28(32(5,30)31)25-13-10-9-12-24(25)20(3)4/h9-10,12-17,20-21H,6-8,11,18-19H2,1-5H3,(H,27,29)/t21-/m0/s1. The first-order valence-electron chi connectivity index (χ1n) is 11.6. The van der Waals surface area contributed by atoms with Gasteiger partial charge in [-0.15, -0.1) is 0 Å². The van der Waals surface area contributed by atoms with Crippen LogP contribution in [0.15, 0.2) is 48.5 Å². The van der Waals surface area contributed by atoms with Crippen LogP contribution in [0.3, 0.4) is 0 Å². The van der Waals surface area contributed by atoms with Crippen LogP contribution < -0.4 is 9.62 Å². The van der Waals surface area contributed by atoms with Gasteiger partial charge in [0, 0.05) is 12.1 Å². The Kier molecular flexibility index (Phi) is 9.76.